The van der Waals surface area contributed by atoms with E-state index in [9.17, 15) is 4.79 Å². The smallest absolute Gasteiger partial charge is 0.290 e. The molecule has 2 bridgehead atoms. The molecule has 25 heavy (non-hydrogen) atoms. The zero-order chi connectivity index (χ0) is 17.2. The summed E-state index contributed by atoms with van der Waals surface area (Å²) in [5.74, 6) is 0.590. The fraction of sp³-hybridized carbons (Fsp3) is 0.571. The molecule has 0 radical (unpaired) electrons. The second-order valence-corrected chi connectivity index (χ2v) is 8.48. The van der Waals surface area contributed by atoms with Gasteiger partial charge in [0.15, 0.2) is 5.76 Å². The molecule has 3 aliphatic rings. The first-order chi connectivity index (χ1) is 12.1. The molecule has 0 unspecified atom stereocenters. The van der Waals surface area contributed by atoms with Gasteiger partial charge in [-0.15, -0.1) is 0 Å². The quantitative estimate of drug-likeness (QED) is 0.791. The molecule has 1 amide bonds. The van der Waals surface area contributed by atoms with Gasteiger partial charge >= 0.3 is 0 Å². The summed E-state index contributed by atoms with van der Waals surface area (Å²) in [6, 6.07) is 11.1. The minimum atomic E-state index is 0.0888. The second-order valence-electron chi connectivity index (χ2n) is 8.48. The molecule has 2 saturated heterocycles. The maximum Gasteiger partial charge on any atom is 0.290 e. The van der Waals surface area contributed by atoms with E-state index in [1.54, 1.807) is 0 Å². The lowest BCUT2D eigenvalue weighted by atomic mass is 9.71. The predicted molar refractivity (Wildman–Crippen MR) is 97.6 cm³/mol. The van der Waals surface area contributed by atoms with Crippen LogP contribution in [0.25, 0.3) is 11.0 Å². The van der Waals surface area contributed by atoms with Crippen molar-refractivity contribution in [3.05, 3.63) is 36.1 Å². The van der Waals surface area contributed by atoms with Crippen LogP contribution in [0.5, 0.6) is 0 Å². The third-order valence-electron chi connectivity index (χ3n) is 7.03. The van der Waals surface area contributed by atoms with Crippen molar-refractivity contribution in [2.24, 2.45) is 5.41 Å². The van der Waals surface area contributed by atoms with Crippen molar-refractivity contribution >= 4 is 16.9 Å². The Morgan fingerprint density at radius 1 is 1.20 bits per heavy atom. The van der Waals surface area contributed by atoms with Crippen molar-refractivity contribution in [3.63, 3.8) is 0 Å². The number of carbonyl (C=O) groups excluding carboxylic acids is 1. The van der Waals surface area contributed by atoms with E-state index in [0.29, 0.717) is 23.9 Å². The van der Waals surface area contributed by atoms with Crippen LogP contribution in [0, 0.1) is 5.41 Å². The highest BCUT2D eigenvalue weighted by Gasteiger charge is 2.59. The van der Waals surface area contributed by atoms with E-state index < -0.39 is 0 Å². The van der Waals surface area contributed by atoms with Crippen molar-refractivity contribution in [1.29, 1.82) is 0 Å². The monoisotopic (exact) mass is 338 g/mol. The van der Waals surface area contributed by atoms with E-state index in [-0.39, 0.29) is 11.3 Å². The molecule has 4 atom stereocenters. The molecule has 132 valence electrons. The first kappa shape index (κ1) is 15.4. The van der Waals surface area contributed by atoms with E-state index in [4.69, 9.17) is 4.42 Å². The number of nitrogens with zero attached hydrogens (tertiary/aromatic N) is 2. The van der Waals surface area contributed by atoms with Crippen molar-refractivity contribution in [3.8, 4) is 0 Å². The summed E-state index contributed by atoms with van der Waals surface area (Å²) in [5, 5.41) is 1.01. The molecule has 0 spiro atoms. The summed E-state index contributed by atoms with van der Waals surface area (Å²) >= 11 is 0. The topological polar surface area (TPSA) is 36.7 Å². The summed E-state index contributed by atoms with van der Waals surface area (Å²) in [4.78, 5) is 18.1. The molecule has 1 aliphatic carbocycles. The predicted octanol–water partition coefficient (Wildman–Crippen LogP) is 3.91. The number of rotatable bonds is 1. The maximum atomic E-state index is 13.4. The van der Waals surface area contributed by atoms with Crippen molar-refractivity contribution in [2.75, 3.05) is 13.6 Å². The van der Waals surface area contributed by atoms with Crippen LogP contribution in [-0.2, 0) is 0 Å². The van der Waals surface area contributed by atoms with Gasteiger partial charge in [0.05, 0.1) is 0 Å². The Labute approximate surface area is 148 Å². The molecule has 1 saturated carbocycles. The molecule has 0 N–H and O–H groups in total. The van der Waals surface area contributed by atoms with Gasteiger partial charge in [-0.05, 0) is 38.4 Å². The Hall–Kier alpha value is -1.81. The van der Waals surface area contributed by atoms with Gasteiger partial charge in [-0.3, -0.25) is 4.79 Å². The van der Waals surface area contributed by atoms with Gasteiger partial charge in [0, 0.05) is 35.5 Å². The zero-order valence-electron chi connectivity index (χ0n) is 15.1. The SMILES string of the molecule is CN1C[C@@H]2C[C@@]3(C)[C@H](CCCC[C@@H]13)N2C(=O)c1cc2ccccc2o1. The summed E-state index contributed by atoms with van der Waals surface area (Å²) in [6.07, 6.45) is 6.03. The van der Waals surface area contributed by atoms with E-state index in [1.807, 2.05) is 30.3 Å². The number of likely N-dealkylation sites (tertiary alicyclic amines) is 2. The van der Waals surface area contributed by atoms with E-state index in [2.05, 4.69) is 23.8 Å². The number of hydrogen-bond donors (Lipinski definition) is 0. The minimum absolute atomic E-state index is 0.0888. The van der Waals surface area contributed by atoms with Crippen LogP contribution >= 0.6 is 0 Å². The Bertz CT molecular complexity index is 795. The normalized spacial score (nSPS) is 35.1. The minimum Gasteiger partial charge on any atom is -0.451 e. The summed E-state index contributed by atoms with van der Waals surface area (Å²) < 4.78 is 5.91. The number of piperidine rings is 1. The van der Waals surface area contributed by atoms with E-state index in [0.717, 1.165) is 30.4 Å². The third-order valence-corrected chi connectivity index (χ3v) is 7.03. The Morgan fingerprint density at radius 3 is 2.76 bits per heavy atom. The lowest BCUT2D eigenvalue weighted by molar-refractivity contribution is 0.0570. The molecule has 3 heterocycles. The molecule has 1 aromatic carbocycles. The van der Waals surface area contributed by atoms with Gasteiger partial charge in [-0.2, -0.15) is 0 Å². The first-order valence-corrected chi connectivity index (χ1v) is 9.59. The maximum absolute atomic E-state index is 13.4. The highest BCUT2D eigenvalue weighted by molar-refractivity contribution is 5.96. The van der Waals surface area contributed by atoms with Crippen LogP contribution in [-0.4, -0.2) is 47.4 Å². The Morgan fingerprint density at radius 2 is 1.96 bits per heavy atom. The lowest BCUT2D eigenvalue weighted by Crippen LogP contribution is -2.51. The number of likely N-dealkylation sites (N-methyl/N-ethyl adjacent to an activating group) is 1. The molecular weight excluding hydrogens is 312 g/mol. The van der Waals surface area contributed by atoms with Crippen LogP contribution < -0.4 is 0 Å². The van der Waals surface area contributed by atoms with Crippen molar-refractivity contribution in [1.82, 2.24) is 9.80 Å². The number of benzene rings is 1. The lowest BCUT2D eigenvalue weighted by Gasteiger charge is -2.44. The van der Waals surface area contributed by atoms with Gasteiger partial charge in [0.25, 0.3) is 5.91 Å². The Balaban J connectivity index is 1.55. The summed E-state index contributed by atoms with van der Waals surface area (Å²) in [7, 11) is 2.24. The number of fused-ring (bicyclic) bond motifs is 2. The number of furan rings is 1. The Kier molecular flexibility index (Phi) is 3.30. The fourth-order valence-corrected chi connectivity index (χ4v) is 6.00. The number of carbonyl (C=O) groups is 1. The van der Waals surface area contributed by atoms with Crippen LogP contribution in [0.2, 0.25) is 0 Å². The number of hydrogen-bond acceptors (Lipinski definition) is 3. The average molecular weight is 338 g/mol. The van der Waals surface area contributed by atoms with Crippen LogP contribution in [0.15, 0.2) is 34.7 Å². The van der Waals surface area contributed by atoms with Gasteiger partial charge in [0.1, 0.15) is 5.58 Å². The number of para-hydroxylation sites is 1. The van der Waals surface area contributed by atoms with Crippen LogP contribution in [0.3, 0.4) is 0 Å². The fourth-order valence-electron chi connectivity index (χ4n) is 6.00. The molecule has 3 fully saturated rings. The molecule has 5 rings (SSSR count). The van der Waals surface area contributed by atoms with E-state index >= 15 is 0 Å². The van der Waals surface area contributed by atoms with E-state index in [1.165, 1.54) is 19.3 Å². The highest BCUT2D eigenvalue weighted by Crippen LogP contribution is 2.53. The van der Waals surface area contributed by atoms with Gasteiger partial charge in [0.2, 0.25) is 0 Å². The highest BCUT2D eigenvalue weighted by atomic mass is 16.3. The van der Waals surface area contributed by atoms with Gasteiger partial charge < -0.3 is 14.2 Å². The first-order valence-electron chi connectivity index (χ1n) is 9.59. The largest absolute Gasteiger partial charge is 0.451 e. The molecular formula is C21H26N2O2. The zero-order valence-corrected chi connectivity index (χ0v) is 15.1. The summed E-state index contributed by atoms with van der Waals surface area (Å²) in [5.41, 5.74) is 1.02. The van der Waals surface area contributed by atoms with Crippen molar-refractivity contribution < 1.29 is 9.21 Å². The molecule has 4 nitrogen and oxygen atoms in total. The molecule has 4 heteroatoms. The standard InChI is InChI=1S/C21H26N2O2/c1-21-12-15-13-22(2)18(21)9-5-6-10-19(21)23(15)20(24)17-11-14-7-3-4-8-16(14)25-17/h3-4,7-8,11,15,18-19H,5-6,9-10,12-13H2,1-2H3/t15-,18+,19-,21+/m0/s1. The number of amides is 1. The second kappa shape index (κ2) is 5.34. The molecule has 2 aliphatic heterocycles. The molecule has 2 aromatic rings. The van der Waals surface area contributed by atoms with Crippen LogP contribution in [0.4, 0.5) is 0 Å². The van der Waals surface area contributed by atoms with Gasteiger partial charge in [-0.25, -0.2) is 0 Å². The average Bonchev–Trinajstić information content (AvgIpc) is 3.06. The molecule has 1 aromatic heterocycles. The third kappa shape index (κ3) is 2.13. The summed E-state index contributed by atoms with van der Waals surface area (Å²) in [6.45, 7) is 3.41. The van der Waals surface area contributed by atoms with Crippen LogP contribution in [0.1, 0.15) is 49.6 Å². The van der Waals surface area contributed by atoms with Crippen molar-refractivity contribution in [2.45, 2.75) is 57.2 Å². The van der Waals surface area contributed by atoms with Gasteiger partial charge in [-0.1, -0.05) is 38.0 Å².